The Kier molecular flexibility index (Phi) is 0.676. The molecule has 0 radical (unpaired) electrons. The number of hydrogen-bond acceptors (Lipinski definition) is 3. The van der Waals surface area contributed by atoms with Gasteiger partial charge in [-0.05, 0) is 0 Å². The Balaban J connectivity index is 2.54. The molecular weight excluding hydrogens is 104 g/mol. The maximum absolute atomic E-state index is 4.70. The molecule has 8 heavy (non-hydrogen) atoms. The summed E-state index contributed by atoms with van der Waals surface area (Å²) in [7, 11) is 0. The summed E-state index contributed by atoms with van der Waals surface area (Å²) in [4.78, 5) is 0. The quantitative estimate of drug-likeness (QED) is 0.521. The molecule has 0 spiro atoms. The lowest BCUT2D eigenvalue weighted by Gasteiger charge is -1.81. The van der Waals surface area contributed by atoms with Gasteiger partial charge in [0.25, 0.3) is 0 Å². The largest absolute Gasteiger partial charge is 0.364 e. The van der Waals surface area contributed by atoms with Crippen LogP contribution in [0.4, 0.5) is 0 Å². The second-order valence-corrected chi connectivity index (χ2v) is 1.89. The van der Waals surface area contributed by atoms with Gasteiger partial charge in [-0.15, -0.1) is 0 Å². The first-order valence-corrected chi connectivity index (χ1v) is 2.59. The van der Waals surface area contributed by atoms with E-state index >= 15 is 0 Å². The van der Waals surface area contributed by atoms with E-state index in [-0.39, 0.29) is 0 Å². The molecule has 0 amide bonds. The van der Waals surface area contributed by atoms with Crippen LogP contribution in [-0.2, 0) is 13.1 Å². The van der Waals surface area contributed by atoms with E-state index in [2.05, 4.69) is 10.5 Å². The van der Waals surface area contributed by atoms with E-state index in [9.17, 15) is 0 Å². The topological polar surface area (TPSA) is 38.1 Å². The summed E-state index contributed by atoms with van der Waals surface area (Å²) in [5.41, 5.74) is 2.26. The van der Waals surface area contributed by atoms with E-state index in [1.807, 2.05) is 0 Å². The van der Waals surface area contributed by atoms with Crippen LogP contribution in [0.3, 0.4) is 0 Å². The Labute approximate surface area is 46.7 Å². The smallest absolute Gasteiger partial charge is 0.128 e. The van der Waals surface area contributed by atoms with Crippen LogP contribution >= 0.6 is 0 Å². The molecule has 0 aromatic carbocycles. The molecule has 0 bridgehead atoms. The van der Waals surface area contributed by atoms with Crippen molar-refractivity contribution in [2.24, 2.45) is 0 Å². The minimum atomic E-state index is 0.867. The molecule has 0 fully saturated rings. The summed E-state index contributed by atoms with van der Waals surface area (Å²) in [5, 5.41) is 6.90. The molecule has 0 saturated heterocycles. The van der Waals surface area contributed by atoms with Crippen LogP contribution in [0, 0.1) is 0 Å². The Morgan fingerprint density at radius 1 is 1.62 bits per heavy atom. The number of nitrogens with zero attached hydrogens (tertiary/aromatic N) is 1. The van der Waals surface area contributed by atoms with Crippen LogP contribution in [0.1, 0.15) is 11.3 Å². The predicted molar refractivity (Wildman–Crippen MR) is 27.0 cm³/mol. The first-order valence-electron chi connectivity index (χ1n) is 2.59. The number of aromatic nitrogens is 1. The molecule has 42 valence electrons. The lowest BCUT2D eigenvalue weighted by Crippen LogP contribution is -2.01. The molecule has 1 aliphatic rings. The van der Waals surface area contributed by atoms with Gasteiger partial charge in [0.1, 0.15) is 12.0 Å². The number of nitrogens with one attached hydrogen (secondary N) is 1. The van der Waals surface area contributed by atoms with Crippen molar-refractivity contribution < 1.29 is 4.52 Å². The van der Waals surface area contributed by atoms with Gasteiger partial charge in [0.15, 0.2) is 0 Å². The van der Waals surface area contributed by atoms with Crippen molar-refractivity contribution in [2.45, 2.75) is 13.1 Å². The fourth-order valence-corrected chi connectivity index (χ4v) is 0.885. The van der Waals surface area contributed by atoms with Gasteiger partial charge < -0.3 is 9.84 Å². The first kappa shape index (κ1) is 4.09. The zero-order valence-electron chi connectivity index (χ0n) is 4.35. The number of hydrogen-bond donors (Lipinski definition) is 1. The van der Waals surface area contributed by atoms with Crippen LogP contribution in [0.25, 0.3) is 0 Å². The summed E-state index contributed by atoms with van der Waals surface area (Å²) < 4.78 is 4.70. The van der Waals surface area contributed by atoms with E-state index in [0.29, 0.717) is 0 Å². The standard InChI is InChI=1S/C5H6N2O/c1-4-3-8-7-5(4)2-6-1/h3,6H,1-2H2. The van der Waals surface area contributed by atoms with E-state index in [4.69, 9.17) is 4.52 Å². The third-order valence-corrected chi connectivity index (χ3v) is 1.34. The molecule has 2 heterocycles. The number of rotatable bonds is 0. The third-order valence-electron chi connectivity index (χ3n) is 1.34. The van der Waals surface area contributed by atoms with E-state index in [1.165, 1.54) is 5.56 Å². The molecule has 0 aliphatic carbocycles. The minimum absolute atomic E-state index is 0.867. The average molecular weight is 110 g/mol. The third kappa shape index (κ3) is 0.391. The average Bonchev–Trinajstić information content (AvgIpc) is 2.15. The Bertz CT molecular complexity index is 176. The van der Waals surface area contributed by atoms with Crippen molar-refractivity contribution in [2.75, 3.05) is 0 Å². The van der Waals surface area contributed by atoms with E-state index in [0.717, 1.165) is 18.8 Å². The highest BCUT2D eigenvalue weighted by atomic mass is 16.5. The molecule has 0 unspecified atom stereocenters. The van der Waals surface area contributed by atoms with Crippen LogP contribution in [0.15, 0.2) is 10.8 Å². The molecule has 2 rings (SSSR count). The van der Waals surface area contributed by atoms with Gasteiger partial charge in [0.05, 0.1) is 0 Å². The lowest BCUT2D eigenvalue weighted by atomic mass is 10.3. The fraction of sp³-hybridized carbons (Fsp3) is 0.400. The molecule has 3 nitrogen and oxygen atoms in total. The summed E-state index contributed by atoms with van der Waals surface area (Å²) >= 11 is 0. The van der Waals surface area contributed by atoms with Gasteiger partial charge in [-0.25, -0.2) is 0 Å². The van der Waals surface area contributed by atoms with Crippen molar-refractivity contribution in [3.05, 3.63) is 17.5 Å². The Hall–Kier alpha value is -0.830. The predicted octanol–water partition coefficient (Wildman–Crippen LogP) is 0.278. The molecule has 1 aromatic rings. The minimum Gasteiger partial charge on any atom is -0.364 e. The zero-order valence-corrected chi connectivity index (χ0v) is 4.35. The Morgan fingerprint density at radius 3 is 3.50 bits per heavy atom. The first-order chi connectivity index (χ1) is 3.97. The van der Waals surface area contributed by atoms with Gasteiger partial charge in [0, 0.05) is 18.7 Å². The molecule has 3 heteroatoms. The van der Waals surface area contributed by atoms with Gasteiger partial charge >= 0.3 is 0 Å². The van der Waals surface area contributed by atoms with E-state index in [1.54, 1.807) is 6.26 Å². The van der Waals surface area contributed by atoms with Gasteiger partial charge in [0.2, 0.25) is 0 Å². The fourth-order valence-electron chi connectivity index (χ4n) is 0.885. The SMILES string of the molecule is c1onc2c1CNC2. The highest BCUT2D eigenvalue weighted by molar-refractivity contribution is 5.17. The molecule has 0 atom stereocenters. The van der Waals surface area contributed by atoms with Crippen LogP contribution in [0.2, 0.25) is 0 Å². The summed E-state index contributed by atoms with van der Waals surface area (Å²) in [6.45, 7) is 1.78. The molecule has 1 aliphatic heterocycles. The van der Waals surface area contributed by atoms with Crippen LogP contribution < -0.4 is 5.32 Å². The van der Waals surface area contributed by atoms with Gasteiger partial charge in [-0.2, -0.15) is 0 Å². The monoisotopic (exact) mass is 110 g/mol. The van der Waals surface area contributed by atoms with Gasteiger partial charge in [-0.3, -0.25) is 0 Å². The molecule has 0 saturated carbocycles. The Morgan fingerprint density at radius 2 is 2.62 bits per heavy atom. The summed E-state index contributed by atoms with van der Waals surface area (Å²) in [6, 6.07) is 0. The highest BCUT2D eigenvalue weighted by Gasteiger charge is 2.12. The molecular formula is C5H6N2O. The maximum atomic E-state index is 4.70. The van der Waals surface area contributed by atoms with Gasteiger partial charge in [-0.1, -0.05) is 5.16 Å². The van der Waals surface area contributed by atoms with E-state index < -0.39 is 0 Å². The summed E-state index contributed by atoms with van der Waals surface area (Å²) in [6.07, 6.45) is 1.69. The zero-order chi connectivity index (χ0) is 5.40. The summed E-state index contributed by atoms with van der Waals surface area (Å²) in [5.74, 6) is 0. The van der Waals surface area contributed by atoms with Crippen molar-refractivity contribution >= 4 is 0 Å². The maximum Gasteiger partial charge on any atom is 0.128 e. The van der Waals surface area contributed by atoms with Crippen molar-refractivity contribution in [3.63, 3.8) is 0 Å². The van der Waals surface area contributed by atoms with Crippen molar-refractivity contribution in [3.8, 4) is 0 Å². The van der Waals surface area contributed by atoms with Crippen molar-refractivity contribution in [1.82, 2.24) is 10.5 Å². The highest BCUT2D eigenvalue weighted by Crippen LogP contribution is 2.10. The van der Waals surface area contributed by atoms with Crippen LogP contribution in [0.5, 0.6) is 0 Å². The van der Waals surface area contributed by atoms with Crippen molar-refractivity contribution in [1.29, 1.82) is 0 Å². The molecule has 1 N–H and O–H groups in total. The normalized spacial score (nSPS) is 16.5. The molecule has 1 aromatic heterocycles. The second-order valence-electron chi connectivity index (χ2n) is 1.89. The second kappa shape index (κ2) is 1.32. The van der Waals surface area contributed by atoms with Crippen LogP contribution in [-0.4, -0.2) is 5.16 Å². The number of fused-ring (bicyclic) bond motifs is 1. The lowest BCUT2D eigenvalue weighted by molar-refractivity contribution is 0.405.